The summed E-state index contributed by atoms with van der Waals surface area (Å²) in [6, 6.07) is 18.1. The van der Waals surface area contributed by atoms with Crippen LogP contribution in [-0.4, -0.2) is 25.4 Å². The number of anilines is 2. The fourth-order valence-electron chi connectivity index (χ4n) is 4.21. The lowest BCUT2D eigenvalue weighted by atomic mass is 10.1. The molecular formula is C27H24FN5O. The molecule has 170 valence electrons. The Labute approximate surface area is 196 Å². The van der Waals surface area contributed by atoms with Gasteiger partial charge < -0.3 is 14.5 Å². The molecule has 0 aliphatic carbocycles. The van der Waals surface area contributed by atoms with Gasteiger partial charge in [0.25, 0.3) is 0 Å². The molecule has 0 radical (unpaired) electrons. The van der Waals surface area contributed by atoms with Gasteiger partial charge in [0.2, 0.25) is 0 Å². The van der Waals surface area contributed by atoms with Crippen LogP contribution in [-0.2, 0) is 0 Å². The van der Waals surface area contributed by atoms with Crippen molar-refractivity contribution in [1.82, 2.24) is 19.1 Å². The number of nitrogens with one attached hydrogen (secondary N) is 1. The fourth-order valence-corrected chi connectivity index (χ4v) is 4.21. The molecule has 0 aliphatic rings. The summed E-state index contributed by atoms with van der Waals surface area (Å²) in [5, 5.41) is 3.43. The van der Waals surface area contributed by atoms with Gasteiger partial charge >= 0.3 is 0 Å². The second-order valence-electron chi connectivity index (χ2n) is 8.52. The van der Waals surface area contributed by atoms with Crippen molar-refractivity contribution >= 4 is 28.7 Å². The third-order valence-corrected chi connectivity index (χ3v) is 5.76. The molecule has 0 amide bonds. The minimum absolute atomic E-state index is 0.153. The van der Waals surface area contributed by atoms with E-state index in [0.29, 0.717) is 5.56 Å². The zero-order valence-corrected chi connectivity index (χ0v) is 19.2. The molecule has 0 aliphatic heterocycles. The summed E-state index contributed by atoms with van der Waals surface area (Å²) >= 11 is 0. The predicted molar refractivity (Wildman–Crippen MR) is 132 cm³/mol. The van der Waals surface area contributed by atoms with E-state index in [0.717, 1.165) is 51.5 Å². The number of imidazole rings is 2. The first-order chi connectivity index (χ1) is 16.4. The Bertz CT molecular complexity index is 1500. The number of carbonyl (C=O) groups is 1. The maximum absolute atomic E-state index is 13.5. The summed E-state index contributed by atoms with van der Waals surface area (Å²) < 4.78 is 17.5. The van der Waals surface area contributed by atoms with Gasteiger partial charge in [0.1, 0.15) is 17.2 Å². The van der Waals surface area contributed by atoms with Gasteiger partial charge in [-0.25, -0.2) is 14.4 Å². The highest BCUT2D eigenvalue weighted by molar-refractivity contribution is 5.94. The van der Waals surface area contributed by atoms with Crippen LogP contribution in [0.1, 0.15) is 35.9 Å². The molecule has 0 saturated carbocycles. The molecule has 0 unspecified atom stereocenters. The molecule has 5 rings (SSSR count). The van der Waals surface area contributed by atoms with E-state index in [-0.39, 0.29) is 11.9 Å². The van der Waals surface area contributed by atoms with Crippen LogP contribution in [0.2, 0.25) is 0 Å². The van der Waals surface area contributed by atoms with Gasteiger partial charge in [-0.3, -0.25) is 4.79 Å². The van der Waals surface area contributed by atoms with Crippen molar-refractivity contribution in [3.8, 4) is 17.1 Å². The van der Waals surface area contributed by atoms with Crippen molar-refractivity contribution in [2.24, 2.45) is 0 Å². The lowest BCUT2D eigenvalue weighted by molar-refractivity contribution is 0.112. The molecule has 6 nitrogen and oxygen atoms in total. The summed E-state index contributed by atoms with van der Waals surface area (Å²) in [5.74, 6) is 0.497. The van der Waals surface area contributed by atoms with Crippen LogP contribution in [0.3, 0.4) is 0 Å². The molecule has 0 fully saturated rings. The maximum atomic E-state index is 13.5. The van der Waals surface area contributed by atoms with E-state index in [4.69, 9.17) is 4.98 Å². The first-order valence-electron chi connectivity index (χ1n) is 11.1. The SMILES string of the molecule is Cc1cn(-c2ccc(Nc3cccc4c3nc(-c3ccc(F)cc3)n4C(C)C)cc2C=O)cn1. The van der Waals surface area contributed by atoms with Gasteiger partial charge in [0, 0.05) is 29.1 Å². The summed E-state index contributed by atoms with van der Waals surface area (Å²) in [7, 11) is 0. The van der Waals surface area contributed by atoms with E-state index < -0.39 is 0 Å². The number of benzene rings is 3. The Balaban J connectivity index is 1.58. The van der Waals surface area contributed by atoms with Gasteiger partial charge in [-0.2, -0.15) is 0 Å². The molecule has 2 heterocycles. The third kappa shape index (κ3) is 3.85. The summed E-state index contributed by atoms with van der Waals surface area (Å²) in [6.45, 7) is 6.10. The molecule has 34 heavy (non-hydrogen) atoms. The molecular weight excluding hydrogens is 429 g/mol. The quantitative estimate of drug-likeness (QED) is 0.299. The topological polar surface area (TPSA) is 64.7 Å². The third-order valence-electron chi connectivity index (χ3n) is 5.76. The Hall–Kier alpha value is -4.26. The zero-order valence-electron chi connectivity index (χ0n) is 19.2. The van der Waals surface area contributed by atoms with Gasteiger partial charge in [0.15, 0.2) is 6.29 Å². The number of hydrogen-bond donors (Lipinski definition) is 1. The molecule has 7 heteroatoms. The van der Waals surface area contributed by atoms with Crippen LogP contribution in [0.4, 0.5) is 15.8 Å². The number of carbonyl (C=O) groups excluding carboxylic acids is 1. The molecule has 0 atom stereocenters. The van der Waals surface area contributed by atoms with Crippen molar-refractivity contribution < 1.29 is 9.18 Å². The highest BCUT2D eigenvalue weighted by Crippen LogP contribution is 2.33. The Morgan fingerprint density at radius 1 is 1.06 bits per heavy atom. The standard InChI is InChI=1S/C27H24FN5O/c1-17(2)33-25-6-4-5-23(26(25)31-27(33)19-7-9-21(28)10-8-19)30-22-11-12-24(20(13-22)15-34)32-14-18(3)29-16-32/h4-17,30H,1-3H3. The van der Waals surface area contributed by atoms with E-state index in [9.17, 15) is 9.18 Å². The molecule has 5 aromatic rings. The van der Waals surface area contributed by atoms with Crippen LogP contribution < -0.4 is 5.32 Å². The minimum Gasteiger partial charge on any atom is -0.354 e. The highest BCUT2D eigenvalue weighted by Gasteiger charge is 2.17. The van der Waals surface area contributed by atoms with Crippen molar-refractivity contribution in [1.29, 1.82) is 0 Å². The second kappa shape index (κ2) is 8.59. The number of para-hydroxylation sites is 1. The number of aromatic nitrogens is 4. The average molecular weight is 454 g/mol. The average Bonchev–Trinajstić information content (AvgIpc) is 3.44. The fraction of sp³-hybridized carbons (Fsp3) is 0.148. The monoisotopic (exact) mass is 453 g/mol. The summed E-state index contributed by atoms with van der Waals surface area (Å²) in [5.41, 5.74) is 6.42. The van der Waals surface area contributed by atoms with Crippen LogP contribution in [0.15, 0.2) is 73.2 Å². The van der Waals surface area contributed by atoms with Crippen molar-refractivity contribution in [3.63, 3.8) is 0 Å². The predicted octanol–water partition coefficient (Wildman–Crippen LogP) is 6.47. The van der Waals surface area contributed by atoms with Gasteiger partial charge in [-0.1, -0.05) is 6.07 Å². The number of aryl methyl sites for hydroxylation is 1. The number of fused-ring (bicyclic) bond motifs is 1. The van der Waals surface area contributed by atoms with E-state index in [1.807, 2.05) is 54.1 Å². The van der Waals surface area contributed by atoms with E-state index in [1.54, 1.807) is 18.5 Å². The molecule has 1 N–H and O–H groups in total. The molecule has 0 spiro atoms. The first kappa shape index (κ1) is 21.6. The van der Waals surface area contributed by atoms with Crippen molar-refractivity contribution in [2.45, 2.75) is 26.8 Å². The Morgan fingerprint density at radius 2 is 1.85 bits per heavy atom. The van der Waals surface area contributed by atoms with E-state index >= 15 is 0 Å². The number of aldehydes is 1. The van der Waals surface area contributed by atoms with Crippen molar-refractivity contribution in [2.75, 3.05) is 5.32 Å². The van der Waals surface area contributed by atoms with Crippen LogP contribution >= 0.6 is 0 Å². The molecule has 0 bridgehead atoms. The lowest BCUT2D eigenvalue weighted by Crippen LogP contribution is -2.03. The van der Waals surface area contributed by atoms with Gasteiger partial charge in [-0.15, -0.1) is 0 Å². The number of nitrogens with zero attached hydrogens (tertiary/aromatic N) is 4. The van der Waals surface area contributed by atoms with Crippen LogP contribution in [0.25, 0.3) is 28.1 Å². The van der Waals surface area contributed by atoms with Crippen LogP contribution in [0, 0.1) is 12.7 Å². The van der Waals surface area contributed by atoms with E-state index in [1.165, 1.54) is 12.1 Å². The lowest BCUT2D eigenvalue weighted by Gasteiger charge is -2.14. The largest absolute Gasteiger partial charge is 0.354 e. The van der Waals surface area contributed by atoms with E-state index in [2.05, 4.69) is 28.7 Å². The summed E-state index contributed by atoms with van der Waals surface area (Å²) in [4.78, 5) is 21.0. The minimum atomic E-state index is -0.279. The number of hydrogen-bond acceptors (Lipinski definition) is 4. The van der Waals surface area contributed by atoms with Gasteiger partial charge in [-0.05, 0) is 75.4 Å². The maximum Gasteiger partial charge on any atom is 0.152 e. The molecule has 0 saturated heterocycles. The number of rotatable bonds is 6. The Morgan fingerprint density at radius 3 is 2.53 bits per heavy atom. The number of halogens is 1. The van der Waals surface area contributed by atoms with Gasteiger partial charge in [0.05, 0.1) is 28.9 Å². The smallest absolute Gasteiger partial charge is 0.152 e. The molecule has 2 aromatic heterocycles. The first-order valence-corrected chi connectivity index (χ1v) is 11.1. The highest BCUT2D eigenvalue weighted by atomic mass is 19.1. The van der Waals surface area contributed by atoms with Crippen molar-refractivity contribution in [3.05, 3.63) is 90.3 Å². The van der Waals surface area contributed by atoms with Crippen LogP contribution in [0.5, 0.6) is 0 Å². The zero-order chi connectivity index (χ0) is 23.8. The summed E-state index contributed by atoms with van der Waals surface area (Å²) in [6.07, 6.45) is 4.42. The second-order valence-corrected chi connectivity index (χ2v) is 8.52. The molecule has 3 aromatic carbocycles. The Kier molecular flexibility index (Phi) is 5.45. The normalized spacial score (nSPS) is 11.3.